The molecule has 0 spiro atoms. The van der Waals surface area contributed by atoms with Gasteiger partial charge in [0.15, 0.2) is 5.43 Å². The van der Waals surface area contributed by atoms with Crippen molar-refractivity contribution in [3.63, 3.8) is 0 Å². The number of aromatic amines is 2. The highest BCUT2D eigenvalue weighted by Crippen LogP contribution is 2.36. The SMILES string of the molecule is N#Cc1cccc(-c2nc3[nH]ccc(=O)c3cc2-c2cc(Cl)c3n[nH]c(F)c3c2)c1. The lowest BCUT2D eigenvalue weighted by Gasteiger charge is -2.12. The van der Waals surface area contributed by atoms with Gasteiger partial charge in [0.1, 0.15) is 11.2 Å². The molecule has 0 aliphatic carbocycles. The fourth-order valence-corrected chi connectivity index (χ4v) is 3.74. The molecule has 5 aromatic rings. The number of fused-ring (bicyclic) bond motifs is 2. The third-order valence-corrected chi connectivity index (χ3v) is 5.17. The quantitative estimate of drug-likeness (QED) is 0.432. The number of H-pyrrole nitrogens is 2. The number of benzene rings is 2. The summed E-state index contributed by atoms with van der Waals surface area (Å²) in [6.45, 7) is 0. The molecule has 8 heteroatoms. The van der Waals surface area contributed by atoms with E-state index in [2.05, 4.69) is 26.2 Å². The van der Waals surface area contributed by atoms with Crippen molar-refractivity contribution in [2.24, 2.45) is 0 Å². The first-order chi connectivity index (χ1) is 14.5. The molecule has 30 heavy (non-hydrogen) atoms. The van der Waals surface area contributed by atoms with Gasteiger partial charge >= 0.3 is 0 Å². The van der Waals surface area contributed by atoms with E-state index in [1.807, 2.05) is 6.07 Å². The zero-order valence-corrected chi connectivity index (χ0v) is 16.0. The van der Waals surface area contributed by atoms with Crippen LogP contribution in [0.5, 0.6) is 0 Å². The van der Waals surface area contributed by atoms with E-state index in [9.17, 15) is 14.4 Å². The van der Waals surface area contributed by atoms with Crippen LogP contribution in [0.4, 0.5) is 4.39 Å². The van der Waals surface area contributed by atoms with Crippen LogP contribution in [0, 0.1) is 17.3 Å². The minimum atomic E-state index is -0.603. The maximum Gasteiger partial charge on any atom is 0.216 e. The standard InChI is InChI=1S/C22H11ClFN5O/c23-17-8-13(7-16-20(17)28-29-21(16)24)14-9-15-18(30)4-5-26-22(15)27-19(14)12-3-1-2-11(6-12)10-25/h1-9H,(H,28,29)(H,26,27,30). The number of nitrogens with one attached hydrogen (secondary N) is 2. The molecule has 0 radical (unpaired) electrons. The first-order valence-electron chi connectivity index (χ1n) is 8.91. The molecule has 0 atom stereocenters. The zero-order chi connectivity index (χ0) is 20.8. The van der Waals surface area contributed by atoms with E-state index in [4.69, 9.17) is 11.6 Å². The van der Waals surface area contributed by atoms with Crippen molar-refractivity contribution >= 4 is 33.5 Å². The summed E-state index contributed by atoms with van der Waals surface area (Å²) in [7, 11) is 0. The van der Waals surface area contributed by atoms with Crippen molar-refractivity contribution in [3.8, 4) is 28.5 Å². The normalized spacial score (nSPS) is 11.1. The number of rotatable bonds is 2. The molecule has 0 aliphatic rings. The van der Waals surface area contributed by atoms with E-state index in [1.165, 1.54) is 12.3 Å². The molecule has 0 saturated carbocycles. The molecule has 144 valence electrons. The summed E-state index contributed by atoms with van der Waals surface area (Å²) in [4.78, 5) is 20.0. The van der Waals surface area contributed by atoms with Gasteiger partial charge in [0, 0.05) is 23.4 Å². The van der Waals surface area contributed by atoms with Crippen molar-refractivity contribution in [3.05, 3.63) is 81.5 Å². The second-order valence-electron chi connectivity index (χ2n) is 6.71. The Bertz CT molecular complexity index is 1560. The Kier molecular flexibility index (Phi) is 4.09. The molecule has 0 bridgehead atoms. The van der Waals surface area contributed by atoms with Crippen molar-refractivity contribution in [2.75, 3.05) is 0 Å². The molecule has 0 aliphatic heterocycles. The van der Waals surface area contributed by atoms with Gasteiger partial charge in [0.2, 0.25) is 5.95 Å². The molecular weight excluding hydrogens is 405 g/mol. The highest BCUT2D eigenvalue weighted by molar-refractivity contribution is 6.35. The van der Waals surface area contributed by atoms with Crippen LogP contribution in [0.1, 0.15) is 5.56 Å². The number of nitriles is 1. The molecule has 3 heterocycles. The number of hydrogen-bond donors (Lipinski definition) is 2. The number of pyridine rings is 2. The van der Waals surface area contributed by atoms with E-state index >= 15 is 0 Å². The van der Waals surface area contributed by atoms with Gasteiger partial charge in [-0.05, 0) is 35.9 Å². The van der Waals surface area contributed by atoms with Gasteiger partial charge in [-0.3, -0.25) is 9.89 Å². The highest BCUT2D eigenvalue weighted by atomic mass is 35.5. The van der Waals surface area contributed by atoms with Crippen molar-refractivity contribution in [2.45, 2.75) is 0 Å². The summed E-state index contributed by atoms with van der Waals surface area (Å²) in [6.07, 6.45) is 1.52. The number of hydrogen-bond acceptors (Lipinski definition) is 4. The van der Waals surface area contributed by atoms with Crippen molar-refractivity contribution < 1.29 is 4.39 Å². The predicted molar refractivity (Wildman–Crippen MR) is 113 cm³/mol. The van der Waals surface area contributed by atoms with Crippen LogP contribution >= 0.6 is 11.6 Å². The summed E-state index contributed by atoms with van der Waals surface area (Å²) in [5.74, 6) is -0.603. The third-order valence-electron chi connectivity index (χ3n) is 4.88. The van der Waals surface area contributed by atoms with Gasteiger partial charge in [-0.25, -0.2) is 4.98 Å². The van der Waals surface area contributed by atoms with Crippen molar-refractivity contribution in [1.29, 1.82) is 5.26 Å². The molecule has 5 rings (SSSR count). The van der Waals surface area contributed by atoms with Crippen LogP contribution in [0.3, 0.4) is 0 Å². The first kappa shape index (κ1) is 18.0. The summed E-state index contributed by atoms with van der Waals surface area (Å²) in [6, 6.07) is 15.5. The second kappa shape index (κ2) is 6.79. The van der Waals surface area contributed by atoms with Crippen LogP contribution in [0.2, 0.25) is 5.02 Å². The van der Waals surface area contributed by atoms with Crippen molar-refractivity contribution in [1.82, 2.24) is 20.2 Å². The summed E-state index contributed by atoms with van der Waals surface area (Å²) < 4.78 is 14.2. The zero-order valence-electron chi connectivity index (χ0n) is 15.2. The lowest BCUT2D eigenvalue weighted by molar-refractivity contribution is 0.588. The number of halogens is 2. The summed E-state index contributed by atoms with van der Waals surface area (Å²) >= 11 is 6.34. The molecule has 0 amide bonds. The largest absolute Gasteiger partial charge is 0.346 e. The Morgan fingerprint density at radius 1 is 1.07 bits per heavy atom. The Labute approximate surface area is 173 Å². The minimum Gasteiger partial charge on any atom is -0.346 e. The summed E-state index contributed by atoms with van der Waals surface area (Å²) in [5.41, 5.74) is 3.36. The van der Waals surface area contributed by atoms with Crippen LogP contribution in [-0.2, 0) is 0 Å². The molecule has 2 aromatic carbocycles. The van der Waals surface area contributed by atoms with E-state index in [0.29, 0.717) is 44.5 Å². The maximum absolute atomic E-state index is 14.2. The molecular formula is C22H11ClFN5O. The number of nitrogens with zero attached hydrogens (tertiary/aromatic N) is 3. The average Bonchev–Trinajstić information content (AvgIpc) is 3.14. The fraction of sp³-hybridized carbons (Fsp3) is 0. The Balaban J connectivity index is 1.88. The van der Waals surface area contributed by atoms with Gasteiger partial charge in [-0.2, -0.15) is 14.8 Å². The monoisotopic (exact) mass is 415 g/mol. The second-order valence-corrected chi connectivity index (χ2v) is 7.11. The Morgan fingerprint density at radius 3 is 2.77 bits per heavy atom. The fourth-order valence-electron chi connectivity index (χ4n) is 3.47. The molecule has 6 nitrogen and oxygen atoms in total. The topological polar surface area (TPSA) is 98.2 Å². The van der Waals surface area contributed by atoms with Crippen LogP contribution in [0.15, 0.2) is 59.5 Å². The van der Waals surface area contributed by atoms with Crippen LogP contribution in [0.25, 0.3) is 44.3 Å². The van der Waals surface area contributed by atoms with Gasteiger partial charge < -0.3 is 4.98 Å². The van der Waals surface area contributed by atoms with E-state index in [-0.39, 0.29) is 15.8 Å². The maximum atomic E-state index is 14.2. The molecule has 2 N–H and O–H groups in total. The summed E-state index contributed by atoms with van der Waals surface area (Å²) in [5, 5.41) is 16.3. The van der Waals surface area contributed by atoms with E-state index in [1.54, 1.807) is 36.4 Å². The highest BCUT2D eigenvalue weighted by Gasteiger charge is 2.17. The van der Waals surface area contributed by atoms with Gasteiger partial charge in [0.05, 0.1) is 33.1 Å². The molecule has 0 unspecified atom stereocenters. The molecule has 3 aromatic heterocycles. The average molecular weight is 416 g/mol. The van der Waals surface area contributed by atoms with Crippen LogP contribution in [-0.4, -0.2) is 20.2 Å². The molecule has 0 saturated heterocycles. The van der Waals surface area contributed by atoms with Gasteiger partial charge in [-0.15, -0.1) is 0 Å². The van der Waals surface area contributed by atoms with E-state index < -0.39 is 5.95 Å². The van der Waals surface area contributed by atoms with Gasteiger partial charge in [0.25, 0.3) is 0 Å². The number of aromatic nitrogens is 4. The Morgan fingerprint density at radius 2 is 1.93 bits per heavy atom. The minimum absolute atomic E-state index is 0.198. The molecule has 0 fully saturated rings. The lowest BCUT2D eigenvalue weighted by Crippen LogP contribution is -2.03. The lowest BCUT2D eigenvalue weighted by atomic mass is 9.96. The smallest absolute Gasteiger partial charge is 0.216 e. The van der Waals surface area contributed by atoms with E-state index in [0.717, 1.165) is 0 Å². The van der Waals surface area contributed by atoms with Crippen LogP contribution < -0.4 is 5.43 Å². The van der Waals surface area contributed by atoms with Gasteiger partial charge in [-0.1, -0.05) is 23.7 Å². The predicted octanol–water partition coefficient (Wildman–Crippen LogP) is 4.80. The first-order valence-corrected chi connectivity index (χ1v) is 9.29. The Hall–Kier alpha value is -4.02. The third kappa shape index (κ3) is 2.82.